The monoisotopic (exact) mass is 294 g/mol. The summed E-state index contributed by atoms with van der Waals surface area (Å²) in [4.78, 5) is 25.0. The normalized spacial score (nSPS) is 13.0. The molecule has 0 bridgehead atoms. The Morgan fingerprint density at radius 2 is 1.55 bits per heavy atom. The standard InChI is InChI=1S/C19H18O3/c1-3-19(22,4-2)18(21)12-9-10-14-13-7-5-6-8-15(13)17(20)16(14)11-12/h5-11,22H,3-4H2,1-2H3. The highest BCUT2D eigenvalue weighted by Crippen LogP contribution is 2.37. The molecule has 0 saturated heterocycles. The van der Waals surface area contributed by atoms with Crippen molar-refractivity contribution in [1.29, 1.82) is 0 Å². The fraction of sp³-hybridized carbons (Fsp3) is 0.263. The van der Waals surface area contributed by atoms with Crippen LogP contribution in [-0.2, 0) is 0 Å². The molecule has 0 aromatic heterocycles. The molecular formula is C19H18O3. The topological polar surface area (TPSA) is 54.4 Å². The second-order valence-corrected chi connectivity index (χ2v) is 5.70. The molecule has 3 nitrogen and oxygen atoms in total. The SMILES string of the molecule is CCC(O)(CC)C(=O)c1ccc2c(c1)C(=O)c1ccccc1-2. The van der Waals surface area contributed by atoms with Gasteiger partial charge in [0, 0.05) is 16.7 Å². The van der Waals surface area contributed by atoms with E-state index in [4.69, 9.17) is 0 Å². The van der Waals surface area contributed by atoms with Crippen LogP contribution in [0.5, 0.6) is 0 Å². The number of hydrogen-bond donors (Lipinski definition) is 1. The zero-order valence-electron chi connectivity index (χ0n) is 12.7. The third-order valence-electron chi connectivity index (χ3n) is 4.58. The minimum absolute atomic E-state index is 0.0585. The fourth-order valence-corrected chi connectivity index (χ4v) is 3.01. The van der Waals surface area contributed by atoms with Crippen molar-refractivity contribution < 1.29 is 14.7 Å². The first kappa shape index (κ1) is 14.7. The third-order valence-corrected chi connectivity index (χ3v) is 4.58. The van der Waals surface area contributed by atoms with E-state index in [9.17, 15) is 14.7 Å². The summed E-state index contributed by atoms with van der Waals surface area (Å²) in [6, 6.07) is 12.6. The Labute approximate surface area is 129 Å². The summed E-state index contributed by atoms with van der Waals surface area (Å²) in [7, 11) is 0. The molecule has 1 aliphatic carbocycles. The number of carbonyl (C=O) groups excluding carboxylic acids is 2. The van der Waals surface area contributed by atoms with Crippen molar-refractivity contribution in [2.75, 3.05) is 0 Å². The van der Waals surface area contributed by atoms with Crippen LogP contribution in [0.15, 0.2) is 42.5 Å². The molecule has 0 saturated carbocycles. The number of carbonyl (C=O) groups is 2. The number of rotatable bonds is 4. The van der Waals surface area contributed by atoms with Crippen molar-refractivity contribution in [3.05, 3.63) is 59.2 Å². The number of fused-ring (bicyclic) bond motifs is 3. The summed E-state index contributed by atoms with van der Waals surface area (Å²) in [6.45, 7) is 3.57. The lowest BCUT2D eigenvalue weighted by atomic mass is 9.87. The minimum Gasteiger partial charge on any atom is -0.382 e. The second-order valence-electron chi connectivity index (χ2n) is 5.70. The third kappa shape index (κ3) is 2.01. The summed E-state index contributed by atoms with van der Waals surface area (Å²) in [6.07, 6.45) is 0.710. The van der Waals surface area contributed by atoms with Gasteiger partial charge in [-0.1, -0.05) is 50.2 Å². The molecule has 0 heterocycles. The quantitative estimate of drug-likeness (QED) is 0.748. The molecular weight excluding hydrogens is 276 g/mol. The molecule has 2 aromatic carbocycles. The van der Waals surface area contributed by atoms with Gasteiger partial charge in [-0.15, -0.1) is 0 Å². The summed E-state index contributed by atoms with van der Waals surface area (Å²) >= 11 is 0. The average Bonchev–Trinajstić information content (AvgIpc) is 2.86. The maximum Gasteiger partial charge on any atom is 0.194 e. The van der Waals surface area contributed by atoms with Crippen molar-refractivity contribution >= 4 is 11.6 Å². The van der Waals surface area contributed by atoms with Crippen LogP contribution in [0, 0.1) is 0 Å². The maximum atomic E-state index is 12.5. The van der Waals surface area contributed by atoms with Gasteiger partial charge in [0.25, 0.3) is 0 Å². The number of ketones is 2. The average molecular weight is 294 g/mol. The van der Waals surface area contributed by atoms with E-state index in [2.05, 4.69) is 0 Å². The zero-order valence-corrected chi connectivity index (χ0v) is 12.7. The van der Waals surface area contributed by atoms with Gasteiger partial charge in [0.1, 0.15) is 5.60 Å². The minimum atomic E-state index is -1.36. The van der Waals surface area contributed by atoms with Crippen LogP contribution in [0.25, 0.3) is 11.1 Å². The lowest BCUT2D eigenvalue weighted by molar-refractivity contribution is 0.0277. The molecule has 22 heavy (non-hydrogen) atoms. The first-order chi connectivity index (χ1) is 10.5. The van der Waals surface area contributed by atoms with Gasteiger partial charge in [-0.25, -0.2) is 0 Å². The fourth-order valence-electron chi connectivity index (χ4n) is 3.01. The molecule has 1 N–H and O–H groups in total. The predicted octanol–water partition coefficient (Wildman–Crippen LogP) is 3.63. The molecule has 0 amide bonds. The van der Waals surface area contributed by atoms with Gasteiger partial charge in [-0.05, 0) is 30.0 Å². The molecule has 0 radical (unpaired) electrons. The smallest absolute Gasteiger partial charge is 0.194 e. The van der Waals surface area contributed by atoms with E-state index in [1.165, 1.54) is 0 Å². The lowest BCUT2D eigenvalue weighted by Crippen LogP contribution is -2.37. The Kier molecular flexibility index (Phi) is 3.45. The van der Waals surface area contributed by atoms with Crippen LogP contribution in [0.3, 0.4) is 0 Å². The Morgan fingerprint density at radius 3 is 2.18 bits per heavy atom. The highest BCUT2D eigenvalue weighted by atomic mass is 16.3. The first-order valence-electron chi connectivity index (χ1n) is 7.57. The van der Waals surface area contributed by atoms with Crippen molar-refractivity contribution in [2.45, 2.75) is 32.3 Å². The van der Waals surface area contributed by atoms with Crippen molar-refractivity contribution in [2.24, 2.45) is 0 Å². The maximum absolute atomic E-state index is 12.5. The Hall–Kier alpha value is -2.26. The predicted molar refractivity (Wildman–Crippen MR) is 85.2 cm³/mol. The lowest BCUT2D eigenvalue weighted by Gasteiger charge is -2.23. The highest BCUT2D eigenvalue weighted by Gasteiger charge is 2.34. The molecule has 0 fully saturated rings. The summed E-state index contributed by atoms with van der Waals surface area (Å²) in [5, 5.41) is 10.4. The number of aliphatic hydroxyl groups is 1. The molecule has 3 rings (SSSR count). The van der Waals surface area contributed by atoms with Gasteiger partial charge in [0.2, 0.25) is 0 Å². The van der Waals surface area contributed by atoms with Gasteiger partial charge < -0.3 is 5.11 Å². The van der Waals surface area contributed by atoms with Crippen LogP contribution in [0.1, 0.15) is 53.0 Å². The Balaban J connectivity index is 2.08. The molecule has 2 aromatic rings. The van der Waals surface area contributed by atoms with Crippen LogP contribution in [0.2, 0.25) is 0 Å². The van der Waals surface area contributed by atoms with Crippen molar-refractivity contribution in [3.63, 3.8) is 0 Å². The van der Waals surface area contributed by atoms with E-state index < -0.39 is 5.60 Å². The molecule has 0 spiro atoms. The zero-order chi connectivity index (χ0) is 15.9. The summed E-state index contributed by atoms with van der Waals surface area (Å²) in [5.41, 5.74) is 2.01. The van der Waals surface area contributed by atoms with Crippen molar-refractivity contribution in [3.8, 4) is 11.1 Å². The van der Waals surface area contributed by atoms with Crippen LogP contribution in [-0.4, -0.2) is 22.3 Å². The largest absolute Gasteiger partial charge is 0.382 e. The van der Waals surface area contributed by atoms with Crippen LogP contribution >= 0.6 is 0 Å². The van der Waals surface area contributed by atoms with E-state index in [0.717, 1.165) is 11.1 Å². The van der Waals surface area contributed by atoms with Crippen molar-refractivity contribution in [1.82, 2.24) is 0 Å². The van der Waals surface area contributed by atoms with E-state index in [0.29, 0.717) is 29.5 Å². The molecule has 0 aliphatic heterocycles. The number of benzene rings is 2. The van der Waals surface area contributed by atoms with E-state index in [1.807, 2.05) is 18.2 Å². The number of hydrogen-bond acceptors (Lipinski definition) is 3. The second kappa shape index (κ2) is 5.18. The van der Waals surface area contributed by atoms with Gasteiger partial charge in [-0.2, -0.15) is 0 Å². The molecule has 3 heteroatoms. The Morgan fingerprint density at radius 1 is 0.955 bits per heavy atom. The number of Topliss-reactive ketones (excluding diaryl/α,β-unsaturated/α-hetero) is 1. The van der Waals surface area contributed by atoms with Gasteiger partial charge in [0.05, 0.1) is 0 Å². The van der Waals surface area contributed by atoms with Gasteiger partial charge >= 0.3 is 0 Å². The Bertz CT molecular complexity index is 770. The van der Waals surface area contributed by atoms with Crippen LogP contribution < -0.4 is 0 Å². The highest BCUT2D eigenvalue weighted by molar-refractivity contribution is 6.22. The van der Waals surface area contributed by atoms with E-state index in [1.54, 1.807) is 38.1 Å². The first-order valence-corrected chi connectivity index (χ1v) is 7.57. The molecule has 112 valence electrons. The molecule has 0 unspecified atom stereocenters. The van der Waals surface area contributed by atoms with E-state index in [-0.39, 0.29) is 11.6 Å². The van der Waals surface area contributed by atoms with Gasteiger partial charge in [-0.3, -0.25) is 9.59 Å². The van der Waals surface area contributed by atoms with E-state index >= 15 is 0 Å². The van der Waals surface area contributed by atoms with Crippen LogP contribution in [0.4, 0.5) is 0 Å². The van der Waals surface area contributed by atoms with Gasteiger partial charge in [0.15, 0.2) is 11.6 Å². The summed E-state index contributed by atoms with van der Waals surface area (Å²) < 4.78 is 0. The summed E-state index contributed by atoms with van der Waals surface area (Å²) in [5.74, 6) is -0.374. The molecule has 0 atom stereocenters. The molecule has 1 aliphatic rings.